The Labute approximate surface area is 163 Å². The number of piperidine rings is 1. The Morgan fingerprint density at radius 1 is 1.27 bits per heavy atom. The fraction of sp³-hybridized carbons (Fsp3) is 0.529. The summed E-state index contributed by atoms with van der Waals surface area (Å²) in [5.41, 5.74) is 0.644. The number of pyridine rings is 1. The Balaban J connectivity index is 0.00000196. The molecule has 0 bridgehead atoms. The number of nitrogens with one attached hydrogen (secondary N) is 2. The molecule has 0 aromatic carbocycles. The van der Waals surface area contributed by atoms with Crippen molar-refractivity contribution in [1.82, 2.24) is 30.4 Å². The molecule has 26 heavy (non-hydrogen) atoms. The maximum absolute atomic E-state index is 12.2. The van der Waals surface area contributed by atoms with Crippen molar-refractivity contribution in [3.63, 3.8) is 0 Å². The van der Waals surface area contributed by atoms with E-state index in [0.29, 0.717) is 17.5 Å². The van der Waals surface area contributed by atoms with E-state index in [1.165, 1.54) is 11.8 Å². The second-order valence-electron chi connectivity index (χ2n) is 6.66. The second-order valence-corrected chi connectivity index (χ2v) is 7.64. The van der Waals surface area contributed by atoms with Crippen molar-refractivity contribution in [2.45, 2.75) is 47.8 Å². The largest absolute Gasteiger partial charge is 0.349 e. The van der Waals surface area contributed by atoms with Crippen LogP contribution in [0, 0.1) is 0 Å². The predicted molar refractivity (Wildman–Crippen MR) is 102 cm³/mol. The van der Waals surface area contributed by atoms with Crippen molar-refractivity contribution < 1.29 is 4.79 Å². The molecule has 0 unspecified atom stereocenters. The molecule has 1 amide bonds. The van der Waals surface area contributed by atoms with Gasteiger partial charge >= 0.3 is 0 Å². The molecule has 1 saturated heterocycles. The summed E-state index contributed by atoms with van der Waals surface area (Å²) in [6.07, 6.45) is 6.01. The SMILES string of the molecule is Cl.Cn1c(Sc2cc(C(=O)NC3CC3)ccn2)nnc1C1CCNCC1. The first-order valence-electron chi connectivity index (χ1n) is 8.75. The fourth-order valence-corrected chi connectivity index (χ4v) is 3.85. The summed E-state index contributed by atoms with van der Waals surface area (Å²) in [6.45, 7) is 2.05. The molecule has 140 valence electrons. The van der Waals surface area contributed by atoms with Gasteiger partial charge in [0.25, 0.3) is 5.91 Å². The molecule has 2 fully saturated rings. The molecule has 2 N–H and O–H groups in total. The molecule has 7 nitrogen and oxygen atoms in total. The van der Waals surface area contributed by atoms with Crippen LogP contribution in [0.5, 0.6) is 0 Å². The number of halogens is 1. The molecule has 0 atom stereocenters. The van der Waals surface area contributed by atoms with Gasteiger partial charge in [-0.1, -0.05) is 0 Å². The van der Waals surface area contributed by atoms with E-state index in [2.05, 4.69) is 30.4 Å². The number of rotatable bonds is 5. The molecule has 1 aliphatic heterocycles. The Bertz CT molecular complexity index is 772. The fourth-order valence-electron chi connectivity index (χ4n) is 3.05. The monoisotopic (exact) mass is 394 g/mol. The van der Waals surface area contributed by atoms with Crippen LogP contribution < -0.4 is 10.6 Å². The van der Waals surface area contributed by atoms with Gasteiger partial charge in [-0.25, -0.2) is 4.98 Å². The zero-order chi connectivity index (χ0) is 17.2. The van der Waals surface area contributed by atoms with Crippen LogP contribution in [-0.2, 0) is 7.05 Å². The number of nitrogens with zero attached hydrogens (tertiary/aromatic N) is 4. The molecule has 2 aromatic heterocycles. The van der Waals surface area contributed by atoms with Crippen molar-refractivity contribution in [3.05, 3.63) is 29.7 Å². The lowest BCUT2D eigenvalue weighted by Gasteiger charge is -2.21. The third-order valence-electron chi connectivity index (χ3n) is 4.68. The third kappa shape index (κ3) is 4.36. The van der Waals surface area contributed by atoms with Gasteiger partial charge in [0, 0.05) is 30.8 Å². The van der Waals surface area contributed by atoms with Gasteiger partial charge in [0.05, 0.1) is 0 Å². The van der Waals surface area contributed by atoms with E-state index >= 15 is 0 Å². The minimum atomic E-state index is -0.0277. The lowest BCUT2D eigenvalue weighted by atomic mass is 9.97. The summed E-state index contributed by atoms with van der Waals surface area (Å²) in [4.78, 5) is 16.6. The minimum absolute atomic E-state index is 0. The summed E-state index contributed by atoms with van der Waals surface area (Å²) < 4.78 is 2.05. The van der Waals surface area contributed by atoms with E-state index in [9.17, 15) is 4.79 Å². The van der Waals surface area contributed by atoms with Gasteiger partial charge in [-0.2, -0.15) is 0 Å². The van der Waals surface area contributed by atoms with Crippen LogP contribution in [0.1, 0.15) is 47.8 Å². The first kappa shape index (κ1) is 19.1. The van der Waals surface area contributed by atoms with Gasteiger partial charge in [0.1, 0.15) is 10.9 Å². The molecule has 0 radical (unpaired) electrons. The van der Waals surface area contributed by atoms with Crippen molar-refractivity contribution in [1.29, 1.82) is 0 Å². The zero-order valence-electron chi connectivity index (χ0n) is 14.6. The highest BCUT2D eigenvalue weighted by atomic mass is 35.5. The van der Waals surface area contributed by atoms with E-state index in [-0.39, 0.29) is 18.3 Å². The molecule has 1 saturated carbocycles. The molecule has 9 heteroatoms. The first-order valence-corrected chi connectivity index (χ1v) is 9.57. The highest BCUT2D eigenvalue weighted by Crippen LogP contribution is 2.29. The maximum atomic E-state index is 12.2. The van der Waals surface area contributed by atoms with Crippen LogP contribution in [0.15, 0.2) is 28.5 Å². The molecule has 1 aliphatic carbocycles. The third-order valence-corrected chi connectivity index (χ3v) is 5.65. The van der Waals surface area contributed by atoms with Crippen LogP contribution in [0.4, 0.5) is 0 Å². The molecule has 2 aromatic rings. The topological polar surface area (TPSA) is 84.7 Å². The zero-order valence-corrected chi connectivity index (χ0v) is 16.3. The van der Waals surface area contributed by atoms with Crippen molar-refractivity contribution in [2.24, 2.45) is 7.05 Å². The quantitative estimate of drug-likeness (QED) is 0.808. The van der Waals surface area contributed by atoms with Crippen LogP contribution >= 0.6 is 24.2 Å². The normalized spacial score (nSPS) is 17.6. The van der Waals surface area contributed by atoms with E-state index < -0.39 is 0 Å². The smallest absolute Gasteiger partial charge is 0.251 e. The molecule has 2 aliphatic rings. The molecule has 4 rings (SSSR count). The summed E-state index contributed by atoms with van der Waals surface area (Å²) in [5.74, 6) is 1.46. The lowest BCUT2D eigenvalue weighted by Crippen LogP contribution is -2.27. The predicted octanol–water partition coefficient (Wildman–Crippen LogP) is 2.14. The van der Waals surface area contributed by atoms with Crippen LogP contribution in [0.25, 0.3) is 0 Å². The Hall–Kier alpha value is -1.64. The number of hydrogen-bond donors (Lipinski definition) is 2. The van der Waals surface area contributed by atoms with Gasteiger partial charge in [-0.3, -0.25) is 4.79 Å². The van der Waals surface area contributed by atoms with Crippen molar-refractivity contribution >= 4 is 30.1 Å². The van der Waals surface area contributed by atoms with Crippen molar-refractivity contribution in [3.8, 4) is 0 Å². The lowest BCUT2D eigenvalue weighted by molar-refractivity contribution is 0.0950. The Kier molecular flexibility index (Phi) is 6.16. The van der Waals surface area contributed by atoms with Crippen LogP contribution in [0.2, 0.25) is 0 Å². The Morgan fingerprint density at radius 2 is 2.04 bits per heavy atom. The minimum Gasteiger partial charge on any atom is -0.349 e. The van der Waals surface area contributed by atoms with Gasteiger partial charge < -0.3 is 15.2 Å². The van der Waals surface area contributed by atoms with E-state index in [1.54, 1.807) is 12.3 Å². The number of carbonyl (C=O) groups is 1. The van der Waals surface area contributed by atoms with Gasteiger partial charge in [-0.05, 0) is 62.7 Å². The maximum Gasteiger partial charge on any atom is 0.251 e. The summed E-state index contributed by atoms with van der Waals surface area (Å²) in [6, 6.07) is 3.92. The van der Waals surface area contributed by atoms with Gasteiger partial charge in [0.2, 0.25) is 0 Å². The summed E-state index contributed by atoms with van der Waals surface area (Å²) >= 11 is 1.45. The number of hydrogen-bond acceptors (Lipinski definition) is 6. The van der Waals surface area contributed by atoms with E-state index in [1.807, 2.05) is 13.1 Å². The summed E-state index contributed by atoms with van der Waals surface area (Å²) in [7, 11) is 2.00. The van der Waals surface area contributed by atoms with Gasteiger partial charge in [-0.15, -0.1) is 22.6 Å². The van der Waals surface area contributed by atoms with Crippen LogP contribution in [-0.4, -0.2) is 44.8 Å². The Morgan fingerprint density at radius 3 is 2.77 bits per heavy atom. The molecule has 3 heterocycles. The summed E-state index contributed by atoms with van der Waals surface area (Å²) in [5, 5.41) is 16.7. The average molecular weight is 395 g/mol. The number of carbonyl (C=O) groups excluding carboxylic acids is 1. The van der Waals surface area contributed by atoms with E-state index in [4.69, 9.17) is 0 Å². The number of aromatic nitrogens is 4. The second kappa shape index (κ2) is 8.37. The molecular weight excluding hydrogens is 372 g/mol. The van der Waals surface area contributed by atoms with E-state index in [0.717, 1.165) is 54.8 Å². The standard InChI is InChI=1S/C17H22N6OS.ClH/c1-23-15(11-4-7-18-8-5-11)21-22-17(23)25-14-10-12(6-9-19-14)16(24)20-13-2-3-13;/h6,9-11,13,18H,2-5,7-8H2,1H3,(H,20,24);1H. The molecule has 0 spiro atoms. The highest BCUT2D eigenvalue weighted by molar-refractivity contribution is 7.99. The average Bonchev–Trinajstić information content (AvgIpc) is 3.39. The van der Waals surface area contributed by atoms with Crippen molar-refractivity contribution in [2.75, 3.05) is 13.1 Å². The highest BCUT2D eigenvalue weighted by Gasteiger charge is 2.24. The molecular formula is C17H23ClN6OS. The number of amides is 1. The first-order chi connectivity index (χ1) is 12.2. The van der Waals surface area contributed by atoms with Gasteiger partial charge in [0.15, 0.2) is 5.16 Å². The van der Waals surface area contributed by atoms with Crippen LogP contribution in [0.3, 0.4) is 0 Å².